The summed E-state index contributed by atoms with van der Waals surface area (Å²) in [6.45, 7) is 8.14. The summed E-state index contributed by atoms with van der Waals surface area (Å²) in [5.74, 6) is -0.965. The third-order valence-electron chi connectivity index (χ3n) is 2.93. The number of urea groups is 1. The number of nitrogens with zero attached hydrogens (tertiary/aromatic N) is 1. The van der Waals surface area contributed by atoms with Crippen molar-refractivity contribution in [3.63, 3.8) is 0 Å². The van der Waals surface area contributed by atoms with Crippen LogP contribution < -0.4 is 5.32 Å². The van der Waals surface area contributed by atoms with E-state index < -0.39 is 5.97 Å². The number of benzene rings is 1. The molecule has 5 nitrogen and oxygen atoms in total. The van der Waals surface area contributed by atoms with Gasteiger partial charge in [0.2, 0.25) is 0 Å². The van der Waals surface area contributed by atoms with Gasteiger partial charge in [-0.2, -0.15) is 0 Å². The van der Waals surface area contributed by atoms with E-state index in [1.165, 1.54) is 6.07 Å². The average molecular weight is 264 g/mol. The van der Waals surface area contributed by atoms with E-state index in [2.05, 4.69) is 5.32 Å². The van der Waals surface area contributed by atoms with Crippen molar-refractivity contribution in [1.29, 1.82) is 0 Å². The van der Waals surface area contributed by atoms with E-state index in [4.69, 9.17) is 5.11 Å². The molecule has 0 radical (unpaired) electrons. The van der Waals surface area contributed by atoms with Gasteiger partial charge < -0.3 is 15.3 Å². The molecule has 2 amide bonds. The molecule has 0 spiro atoms. The molecule has 104 valence electrons. The molecule has 0 saturated carbocycles. The number of carbonyl (C=O) groups is 2. The molecule has 0 aliphatic heterocycles. The van der Waals surface area contributed by atoms with Crippen LogP contribution in [0.3, 0.4) is 0 Å². The smallest absolute Gasteiger partial charge is 0.335 e. The van der Waals surface area contributed by atoms with Crippen LogP contribution in [0.25, 0.3) is 0 Å². The molecule has 0 heterocycles. The molecule has 0 atom stereocenters. The molecule has 0 saturated heterocycles. The summed E-state index contributed by atoms with van der Waals surface area (Å²) in [5.41, 5.74) is 1.47. The van der Waals surface area contributed by atoms with Gasteiger partial charge in [0.1, 0.15) is 0 Å². The third kappa shape index (κ3) is 3.71. The Kier molecular flexibility index (Phi) is 4.92. The van der Waals surface area contributed by atoms with Crippen molar-refractivity contribution < 1.29 is 14.7 Å². The first-order valence-electron chi connectivity index (χ1n) is 6.28. The zero-order valence-corrected chi connectivity index (χ0v) is 11.7. The molecule has 2 N–H and O–H groups in total. The fourth-order valence-electron chi connectivity index (χ4n) is 1.92. The Labute approximate surface area is 113 Å². The highest BCUT2D eigenvalue weighted by molar-refractivity contribution is 5.92. The molecule has 1 aromatic rings. The summed E-state index contributed by atoms with van der Waals surface area (Å²) in [5, 5.41) is 11.7. The van der Waals surface area contributed by atoms with E-state index in [0.717, 1.165) is 0 Å². The van der Waals surface area contributed by atoms with Gasteiger partial charge >= 0.3 is 12.0 Å². The number of anilines is 1. The van der Waals surface area contributed by atoms with Crippen LogP contribution in [0, 0.1) is 6.92 Å². The van der Waals surface area contributed by atoms with Crippen LogP contribution in [0.2, 0.25) is 0 Å². The maximum absolute atomic E-state index is 12.0. The summed E-state index contributed by atoms with van der Waals surface area (Å²) < 4.78 is 0. The molecule has 0 aromatic heterocycles. The second-order valence-electron chi connectivity index (χ2n) is 4.64. The number of carbonyl (C=O) groups excluding carboxylic acids is 1. The molecular formula is C14H20N2O3. The van der Waals surface area contributed by atoms with Crippen LogP contribution in [0.15, 0.2) is 18.2 Å². The van der Waals surface area contributed by atoms with Gasteiger partial charge in [0, 0.05) is 18.3 Å². The van der Waals surface area contributed by atoms with Crippen LogP contribution >= 0.6 is 0 Å². The molecule has 5 heteroatoms. The molecule has 0 aliphatic rings. The fourth-order valence-corrected chi connectivity index (χ4v) is 1.92. The van der Waals surface area contributed by atoms with E-state index in [1.54, 1.807) is 24.0 Å². The molecule has 1 aromatic carbocycles. The Hall–Kier alpha value is -2.04. The highest BCUT2D eigenvalue weighted by atomic mass is 16.4. The Morgan fingerprint density at radius 2 is 2.00 bits per heavy atom. The molecule has 0 aliphatic carbocycles. The van der Waals surface area contributed by atoms with Gasteiger partial charge in [-0.15, -0.1) is 0 Å². The lowest BCUT2D eigenvalue weighted by atomic mass is 10.1. The summed E-state index contributed by atoms with van der Waals surface area (Å²) >= 11 is 0. The Morgan fingerprint density at radius 3 is 2.42 bits per heavy atom. The minimum Gasteiger partial charge on any atom is -0.478 e. The maximum Gasteiger partial charge on any atom is 0.335 e. The van der Waals surface area contributed by atoms with Gasteiger partial charge in [0.25, 0.3) is 0 Å². The Balaban J connectivity index is 2.86. The van der Waals surface area contributed by atoms with Gasteiger partial charge in [0.15, 0.2) is 0 Å². The van der Waals surface area contributed by atoms with Crippen LogP contribution in [0.1, 0.15) is 36.7 Å². The van der Waals surface area contributed by atoms with Crippen molar-refractivity contribution in [2.24, 2.45) is 0 Å². The fraction of sp³-hybridized carbons (Fsp3) is 0.429. The van der Waals surface area contributed by atoms with Gasteiger partial charge in [-0.1, -0.05) is 0 Å². The number of rotatable bonds is 4. The molecule has 1 rings (SSSR count). The maximum atomic E-state index is 12.0. The zero-order chi connectivity index (χ0) is 14.6. The molecular weight excluding hydrogens is 244 g/mol. The number of hydrogen-bond acceptors (Lipinski definition) is 2. The normalized spacial score (nSPS) is 10.4. The van der Waals surface area contributed by atoms with Crippen LogP contribution in [-0.2, 0) is 0 Å². The monoisotopic (exact) mass is 264 g/mol. The lowest BCUT2D eigenvalue weighted by Gasteiger charge is -2.25. The highest BCUT2D eigenvalue weighted by Crippen LogP contribution is 2.16. The minimum absolute atomic E-state index is 0.115. The standard InChI is InChI=1S/C14H20N2O3/c1-5-16(9(2)3)14(19)15-11-6-7-12(13(17)18)10(4)8-11/h6-9H,5H2,1-4H3,(H,15,19)(H,17,18). The van der Waals surface area contributed by atoms with E-state index in [9.17, 15) is 9.59 Å². The number of aromatic carboxylic acids is 1. The molecule has 0 bridgehead atoms. The number of nitrogens with one attached hydrogen (secondary N) is 1. The third-order valence-corrected chi connectivity index (χ3v) is 2.93. The van der Waals surface area contributed by atoms with E-state index in [1.807, 2.05) is 20.8 Å². The summed E-state index contributed by atoms with van der Waals surface area (Å²) in [6.07, 6.45) is 0. The number of aryl methyl sites for hydroxylation is 1. The average Bonchev–Trinajstić information content (AvgIpc) is 2.28. The Bertz CT molecular complexity index is 484. The van der Waals surface area contributed by atoms with Crippen molar-refractivity contribution in [1.82, 2.24) is 4.90 Å². The topological polar surface area (TPSA) is 69.6 Å². The predicted octanol–water partition coefficient (Wildman–Crippen LogP) is 2.96. The SMILES string of the molecule is CCN(C(=O)Nc1ccc(C(=O)O)c(C)c1)C(C)C. The number of carboxylic acid groups (broad SMARTS) is 1. The number of amides is 2. The predicted molar refractivity (Wildman–Crippen MR) is 74.7 cm³/mol. The lowest BCUT2D eigenvalue weighted by Crippen LogP contribution is -2.39. The van der Waals surface area contributed by atoms with Gasteiger partial charge in [-0.25, -0.2) is 9.59 Å². The van der Waals surface area contributed by atoms with Crippen LogP contribution in [0.5, 0.6) is 0 Å². The first-order chi connectivity index (χ1) is 8.86. The number of hydrogen-bond donors (Lipinski definition) is 2. The van der Waals surface area contributed by atoms with Gasteiger partial charge in [0.05, 0.1) is 5.56 Å². The first-order valence-corrected chi connectivity index (χ1v) is 6.28. The Morgan fingerprint density at radius 1 is 1.37 bits per heavy atom. The summed E-state index contributed by atoms with van der Waals surface area (Å²) in [7, 11) is 0. The van der Waals surface area contributed by atoms with Crippen molar-refractivity contribution in [2.45, 2.75) is 33.7 Å². The van der Waals surface area contributed by atoms with E-state index in [0.29, 0.717) is 17.8 Å². The second kappa shape index (κ2) is 6.22. The van der Waals surface area contributed by atoms with E-state index >= 15 is 0 Å². The van der Waals surface area contributed by atoms with Crippen LogP contribution in [-0.4, -0.2) is 34.6 Å². The quantitative estimate of drug-likeness (QED) is 0.878. The highest BCUT2D eigenvalue weighted by Gasteiger charge is 2.15. The largest absolute Gasteiger partial charge is 0.478 e. The van der Waals surface area contributed by atoms with E-state index in [-0.39, 0.29) is 17.6 Å². The van der Waals surface area contributed by atoms with Gasteiger partial charge in [-0.3, -0.25) is 0 Å². The molecule has 0 fully saturated rings. The van der Waals surface area contributed by atoms with Crippen molar-refractivity contribution >= 4 is 17.7 Å². The molecule has 0 unspecified atom stereocenters. The summed E-state index contributed by atoms with van der Waals surface area (Å²) in [4.78, 5) is 24.6. The molecule has 19 heavy (non-hydrogen) atoms. The summed E-state index contributed by atoms with van der Waals surface area (Å²) in [6, 6.07) is 4.70. The second-order valence-corrected chi connectivity index (χ2v) is 4.64. The lowest BCUT2D eigenvalue weighted by molar-refractivity contribution is 0.0696. The van der Waals surface area contributed by atoms with Crippen molar-refractivity contribution in [3.05, 3.63) is 29.3 Å². The first kappa shape index (κ1) is 15.0. The van der Waals surface area contributed by atoms with Crippen molar-refractivity contribution in [3.8, 4) is 0 Å². The van der Waals surface area contributed by atoms with Crippen LogP contribution in [0.4, 0.5) is 10.5 Å². The van der Waals surface area contributed by atoms with Gasteiger partial charge in [-0.05, 0) is 51.5 Å². The number of carboxylic acids is 1. The minimum atomic E-state index is -0.965. The zero-order valence-electron chi connectivity index (χ0n) is 11.7. The van der Waals surface area contributed by atoms with Crippen molar-refractivity contribution in [2.75, 3.05) is 11.9 Å².